The summed E-state index contributed by atoms with van der Waals surface area (Å²) >= 11 is 5.51. The third kappa shape index (κ3) is 3.65. The van der Waals surface area contributed by atoms with Gasteiger partial charge in [-0.15, -0.1) is 13.2 Å². The molecule has 0 radical (unpaired) electrons. The molecule has 0 saturated carbocycles. The van der Waals surface area contributed by atoms with E-state index in [1.54, 1.807) is 0 Å². The number of aliphatic hydroxyl groups excluding tert-OH is 1. The van der Waals surface area contributed by atoms with E-state index in [0.717, 1.165) is 12.1 Å². The molecule has 0 saturated heterocycles. The van der Waals surface area contributed by atoms with Crippen LogP contribution < -0.4 is 10.5 Å². The number of benzene rings is 1. The minimum absolute atomic E-state index is 0.126. The van der Waals surface area contributed by atoms with Crippen LogP contribution in [0.5, 0.6) is 11.5 Å². The molecule has 0 spiro atoms. The molecule has 17 heavy (non-hydrogen) atoms. The van der Waals surface area contributed by atoms with Crippen LogP contribution in [0.1, 0.15) is 11.6 Å². The zero-order valence-electron chi connectivity index (χ0n) is 8.33. The lowest BCUT2D eigenvalue weighted by Gasteiger charge is -2.15. The van der Waals surface area contributed by atoms with Crippen LogP contribution in [0.3, 0.4) is 0 Å². The Morgan fingerprint density at radius 3 is 2.47 bits per heavy atom. The molecule has 1 aromatic rings. The highest BCUT2D eigenvalue weighted by molar-refractivity contribution is 6.32. The number of aliphatic hydroxyl groups is 1. The minimum Gasteiger partial charge on any atom is -0.506 e. The Hall–Kier alpha value is -1.18. The van der Waals surface area contributed by atoms with Crippen molar-refractivity contribution >= 4 is 11.6 Å². The minimum atomic E-state index is -4.87. The first-order valence-electron chi connectivity index (χ1n) is 4.39. The highest BCUT2D eigenvalue weighted by Gasteiger charge is 2.32. The van der Waals surface area contributed by atoms with E-state index in [0.29, 0.717) is 0 Å². The van der Waals surface area contributed by atoms with Gasteiger partial charge in [0.2, 0.25) is 0 Å². The fraction of sp³-hybridized carbons (Fsp3) is 0.333. The largest absolute Gasteiger partial charge is 0.573 e. The van der Waals surface area contributed by atoms with Crippen molar-refractivity contribution in [2.45, 2.75) is 12.4 Å². The van der Waals surface area contributed by atoms with Gasteiger partial charge in [-0.25, -0.2) is 0 Å². The van der Waals surface area contributed by atoms with Crippen molar-refractivity contribution in [2.24, 2.45) is 5.73 Å². The maximum Gasteiger partial charge on any atom is 0.573 e. The van der Waals surface area contributed by atoms with E-state index in [-0.39, 0.29) is 10.6 Å². The zero-order valence-corrected chi connectivity index (χ0v) is 9.09. The van der Waals surface area contributed by atoms with Gasteiger partial charge >= 0.3 is 6.36 Å². The number of alkyl halides is 3. The lowest BCUT2D eigenvalue weighted by Crippen LogP contribution is -2.18. The normalized spacial score (nSPS) is 13.5. The summed E-state index contributed by atoms with van der Waals surface area (Å²) in [7, 11) is 0. The van der Waals surface area contributed by atoms with Crippen molar-refractivity contribution in [3.05, 3.63) is 22.7 Å². The predicted octanol–water partition coefficient (Wildman–Crippen LogP) is 1.94. The number of halogens is 4. The van der Waals surface area contributed by atoms with E-state index in [2.05, 4.69) is 4.74 Å². The Balaban J connectivity index is 3.15. The van der Waals surface area contributed by atoms with Crippen molar-refractivity contribution in [1.82, 2.24) is 0 Å². The van der Waals surface area contributed by atoms with E-state index in [1.165, 1.54) is 0 Å². The van der Waals surface area contributed by atoms with Gasteiger partial charge in [0.1, 0.15) is 11.5 Å². The molecule has 0 aliphatic carbocycles. The number of hydrogen-bond donors (Lipinski definition) is 3. The molecular formula is C9H9ClF3NO3. The summed E-state index contributed by atoms with van der Waals surface area (Å²) in [5, 5.41) is 17.9. The number of phenolic OH excluding ortho intramolecular Hbond substituents is 1. The van der Waals surface area contributed by atoms with Gasteiger partial charge in [0.15, 0.2) is 0 Å². The van der Waals surface area contributed by atoms with Crippen LogP contribution in [0.2, 0.25) is 5.02 Å². The Morgan fingerprint density at radius 1 is 1.41 bits per heavy atom. The molecule has 0 fully saturated rings. The molecule has 0 bridgehead atoms. The van der Waals surface area contributed by atoms with Crippen LogP contribution in [0.4, 0.5) is 13.2 Å². The van der Waals surface area contributed by atoms with E-state index in [4.69, 9.17) is 22.4 Å². The number of aromatic hydroxyl groups is 1. The monoisotopic (exact) mass is 271 g/mol. The van der Waals surface area contributed by atoms with Gasteiger partial charge in [-0.2, -0.15) is 0 Å². The molecular weight excluding hydrogens is 263 g/mol. The quantitative estimate of drug-likeness (QED) is 0.785. The standard InChI is InChI=1S/C9H9ClF3NO3/c10-6-2-4(17-9(11,12)13)1-5(8(6)16)7(14)3-15/h1-2,7,15-16H,3,14H2/t7-/m0/s1. The Kier molecular flexibility index (Phi) is 4.07. The smallest absolute Gasteiger partial charge is 0.506 e. The molecule has 96 valence electrons. The fourth-order valence-electron chi connectivity index (χ4n) is 1.17. The molecule has 1 aromatic carbocycles. The van der Waals surface area contributed by atoms with Gasteiger partial charge in [-0.05, 0) is 6.07 Å². The summed E-state index contributed by atoms with van der Waals surface area (Å²) in [6.45, 7) is -0.556. The second kappa shape index (κ2) is 4.99. The topological polar surface area (TPSA) is 75.7 Å². The summed E-state index contributed by atoms with van der Waals surface area (Å²) in [4.78, 5) is 0. The average Bonchev–Trinajstić information content (AvgIpc) is 2.19. The van der Waals surface area contributed by atoms with Gasteiger partial charge in [-0.3, -0.25) is 0 Å². The first kappa shape index (κ1) is 13.9. The van der Waals surface area contributed by atoms with Crippen molar-refractivity contribution < 1.29 is 28.1 Å². The van der Waals surface area contributed by atoms with Crippen LogP contribution in [0, 0.1) is 0 Å². The van der Waals surface area contributed by atoms with E-state index in [1.807, 2.05) is 0 Å². The summed E-state index contributed by atoms with van der Waals surface area (Å²) in [5.74, 6) is -1.10. The maximum absolute atomic E-state index is 12.0. The predicted molar refractivity (Wildman–Crippen MR) is 53.8 cm³/mol. The van der Waals surface area contributed by atoms with E-state index < -0.39 is 30.5 Å². The third-order valence-corrected chi connectivity index (χ3v) is 2.18. The summed E-state index contributed by atoms with van der Waals surface area (Å²) < 4.78 is 39.6. The van der Waals surface area contributed by atoms with Gasteiger partial charge in [0.25, 0.3) is 0 Å². The van der Waals surface area contributed by atoms with Gasteiger partial charge < -0.3 is 20.7 Å². The molecule has 0 amide bonds. The van der Waals surface area contributed by atoms with Crippen LogP contribution in [-0.2, 0) is 0 Å². The SMILES string of the molecule is N[C@@H](CO)c1cc(OC(F)(F)F)cc(Cl)c1O. The first-order chi connectivity index (χ1) is 7.74. The van der Waals surface area contributed by atoms with Crippen LogP contribution >= 0.6 is 11.6 Å². The van der Waals surface area contributed by atoms with Crippen molar-refractivity contribution in [1.29, 1.82) is 0 Å². The molecule has 1 atom stereocenters. The molecule has 0 aliphatic rings. The molecule has 4 nitrogen and oxygen atoms in total. The lowest BCUT2D eigenvalue weighted by molar-refractivity contribution is -0.274. The van der Waals surface area contributed by atoms with Crippen LogP contribution in [0.25, 0.3) is 0 Å². The van der Waals surface area contributed by atoms with Crippen LogP contribution in [0.15, 0.2) is 12.1 Å². The summed E-state index contributed by atoms with van der Waals surface area (Å²) in [5.41, 5.74) is 5.27. The Bertz CT molecular complexity index is 411. The molecule has 0 aliphatic heterocycles. The maximum atomic E-state index is 12.0. The molecule has 0 heterocycles. The molecule has 1 rings (SSSR count). The molecule has 8 heteroatoms. The number of rotatable bonds is 3. The van der Waals surface area contributed by atoms with Gasteiger partial charge in [0.05, 0.1) is 17.7 Å². The lowest BCUT2D eigenvalue weighted by atomic mass is 10.1. The highest BCUT2D eigenvalue weighted by Crippen LogP contribution is 2.36. The van der Waals surface area contributed by atoms with Gasteiger partial charge in [-0.1, -0.05) is 11.6 Å². The Labute approximate surface area is 99.4 Å². The fourth-order valence-corrected chi connectivity index (χ4v) is 1.38. The third-order valence-electron chi connectivity index (χ3n) is 1.90. The number of ether oxygens (including phenoxy) is 1. The molecule has 4 N–H and O–H groups in total. The molecule has 0 aromatic heterocycles. The van der Waals surface area contributed by atoms with Crippen molar-refractivity contribution in [3.8, 4) is 11.5 Å². The van der Waals surface area contributed by atoms with Crippen molar-refractivity contribution in [3.63, 3.8) is 0 Å². The van der Waals surface area contributed by atoms with E-state index in [9.17, 15) is 18.3 Å². The van der Waals surface area contributed by atoms with Crippen molar-refractivity contribution in [2.75, 3.05) is 6.61 Å². The van der Waals surface area contributed by atoms with Gasteiger partial charge in [0, 0.05) is 11.6 Å². The Morgan fingerprint density at radius 2 is 2.00 bits per heavy atom. The second-order valence-electron chi connectivity index (χ2n) is 3.18. The number of hydrogen-bond acceptors (Lipinski definition) is 4. The van der Waals surface area contributed by atoms with Crippen LogP contribution in [-0.4, -0.2) is 23.2 Å². The zero-order chi connectivity index (χ0) is 13.2. The number of nitrogens with two attached hydrogens (primary N) is 1. The summed E-state index contributed by atoms with van der Waals surface area (Å²) in [6.07, 6.45) is -4.87. The highest BCUT2D eigenvalue weighted by atomic mass is 35.5. The molecule has 0 unspecified atom stereocenters. The second-order valence-corrected chi connectivity index (χ2v) is 3.59. The summed E-state index contributed by atoms with van der Waals surface area (Å²) in [6, 6.07) is 0.623. The van der Waals surface area contributed by atoms with E-state index >= 15 is 0 Å². The first-order valence-corrected chi connectivity index (χ1v) is 4.77. The number of phenols is 1. The average molecular weight is 272 g/mol.